The van der Waals surface area contributed by atoms with E-state index in [0.717, 1.165) is 22.5 Å². The van der Waals surface area contributed by atoms with Gasteiger partial charge in [0, 0.05) is 11.3 Å². The molecule has 0 saturated carbocycles. The van der Waals surface area contributed by atoms with Crippen LogP contribution in [0.2, 0.25) is 5.02 Å². The smallest absolute Gasteiger partial charge is 0.282 e. The van der Waals surface area contributed by atoms with Crippen molar-refractivity contribution in [3.8, 4) is 11.5 Å². The second kappa shape index (κ2) is 7.09. The minimum Gasteiger partial charge on any atom is -0.489 e. The third-order valence-corrected chi connectivity index (χ3v) is 5.46. The first kappa shape index (κ1) is 17.1. The molecule has 0 bridgehead atoms. The molecule has 0 fully saturated rings. The minimum absolute atomic E-state index is 0.192. The van der Waals surface area contributed by atoms with Crippen molar-refractivity contribution in [2.45, 2.75) is 19.8 Å². The van der Waals surface area contributed by atoms with Crippen molar-refractivity contribution >= 4 is 39.4 Å². The lowest BCUT2D eigenvalue weighted by molar-refractivity contribution is 0.297. The fraction of sp³-hybridized carbons (Fsp3) is 0.278. The van der Waals surface area contributed by atoms with Crippen LogP contribution in [0.5, 0.6) is 11.5 Å². The van der Waals surface area contributed by atoms with Crippen molar-refractivity contribution in [3.05, 3.63) is 50.3 Å². The maximum absolute atomic E-state index is 12.6. The van der Waals surface area contributed by atoms with Crippen LogP contribution in [0.15, 0.2) is 34.4 Å². The van der Waals surface area contributed by atoms with Gasteiger partial charge < -0.3 is 9.47 Å². The summed E-state index contributed by atoms with van der Waals surface area (Å²) in [5, 5.41) is 5.28. The molecule has 3 aromatic rings. The Morgan fingerprint density at radius 1 is 1.35 bits per heavy atom. The Morgan fingerprint density at radius 2 is 2.19 bits per heavy atom. The second-order valence-corrected chi connectivity index (χ2v) is 7.33. The zero-order valence-corrected chi connectivity index (χ0v) is 15.6. The van der Waals surface area contributed by atoms with E-state index in [1.54, 1.807) is 18.3 Å². The summed E-state index contributed by atoms with van der Waals surface area (Å²) in [6, 6.07) is 5.41. The van der Waals surface area contributed by atoms with Gasteiger partial charge in [0.1, 0.15) is 11.2 Å². The van der Waals surface area contributed by atoms with E-state index in [2.05, 4.69) is 17.0 Å². The first-order valence-corrected chi connectivity index (χ1v) is 9.48. The molecule has 0 atom stereocenters. The zero-order valence-electron chi connectivity index (χ0n) is 14.1. The third kappa shape index (κ3) is 3.20. The molecular formula is C18H16ClN3O3S. The van der Waals surface area contributed by atoms with Gasteiger partial charge in [-0.2, -0.15) is 9.78 Å². The summed E-state index contributed by atoms with van der Waals surface area (Å²) in [4.78, 5) is 18.7. The molecule has 3 heterocycles. The van der Waals surface area contributed by atoms with E-state index in [1.807, 2.05) is 6.07 Å². The van der Waals surface area contributed by atoms with E-state index in [1.165, 1.54) is 22.3 Å². The lowest BCUT2D eigenvalue weighted by Crippen LogP contribution is -2.16. The van der Waals surface area contributed by atoms with Crippen molar-refractivity contribution in [2.24, 2.45) is 5.10 Å². The number of nitrogens with zero attached hydrogens (tertiary/aromatic N) is 3. The lowest BCUT2D eigenvalue weighted by atomic mass is 10.2. The van der Waals surface area contributed by atoms with Crippen molar-refractivity contribution in [2.75, 3.05) is 13.2 Å². The van der Waals surface area contributed by atoms with Gasteiger partial charge in [-0.3, -0.25) is 4.79 Å². The van der Waals surface area contributed by atoms with E-state index in [0.29, 0.717) is 40.7 Å². The highest BCUT2D eigenvalue weighted by molar-refractivity contribution is 7.18. The van der Waals surface area contributed by atoms with Gasteiger partial charge in [-0.05, 0) is 30.2 Å². The Bertz CT molecular complexity index is 1060. The van der Waals surface area contributed by atoms with Gasteiger partial charge in [0.15, 0.2) is 11.5 Å². The predicted molar refractivity (Wildman–Crippen MR) is 103 cm³/mol. The van der Waals surface area contributed by atoms with Crippen LogP contribution in [-0.4, -0.2) is 29.1 Å². The van der Waals surface area contributed by atoms with E-state index >= 15 is 0 Å². The number of aryl methyl sites for hydroxylation is 1. The van der Waals surface area contributed by atoms with Crippen LogP contribution in [0.1, 0.15) is 23.8 Å². The van der Waals surface area contributed by atoms with E-state index < -0.39 is 0 Å². The topological polar surface area (TPSA) is 65.7 Å². The van der Waals surface area contributed by atoms with Crippen LogP contribution in [0, 0.1) is 0 Å². The van der Waals surface area contributed by atoms with Crippen LogP contribution < -0.4 is 15.0 Å². The standard InChI is InChI=1S/C18H16ClN3O3S/c1-2-12-8-13-17(26-12)20-10-22(18(13)23)21-9-11-6-14(19)16-15(7-11)24-4-3-5-25-16/h6-10H,2-5H2,1H3/b21-9-. The van der Waals surface area contributed by atoms with Gasteiger partial charge >= 0.3 is 0 Å². The molecule has 0 saturated heterocycles. The molecule has 1 aliphatic heterocycles. The number of hydrogen-bond donors (Lipinski definition) is 0. The summed E-state index contributed by atoms with van der Waals surface area (Å²) in [6.07, 6.45) is 4.67. The number of fused-ring (bicyclic) bond motifs is 2. The Hall–Kier alpha value is -2.38. The summed E-state index contributed by atoms with van der Waals surface area (Å²) in [7, 11) is 0. The number of benzene rings is 1. The summed E-state index contributed by atoms with van der Waals surface area (Å²) in [5.41, 5.74) is 0.522. The Kier molecular flexibility index (Phi) is 4.65. The minimum atomic E-state index is -0.192. The molecule has 26 heavy (non-hydrogen) atoms. The van der Waals surface area contributed by atoms with Crippen LogP contribution in [0.3, 0.4) is 0 Å². The normalized spacial score (nSPS) is 14.1. The number of thiophene rings is 1. The highest BCUT2D eigenvalue weighted by Gasteiger charge is 2.15. The summed E-state index contributed by atoms with van der Waals surface area (Å²) in [5.74, 6) is 1.13. The number of aromatic nitrogens is 2. The molecule has 0 radical (unpaired) electrons. The fourth-order valence-corrected chi connectivity index (χ4v) is 3.87. The van der Waals surface area contributed by atoms with Crippen LogP contribution in [-0.2, 0) is 6.42 Å². The lowest BCUT2D eigenvalue weighted by Gasteiger charge is -2.09. The highest BCUT2D eigenvalue weighted by Crippen LogP contribution is 2.37. The van der Waals surface area contributed by atoms with E-state index in [4.69, 9.17) is 21.1 Å². The van der Waals surface area contributed by atoms with Crippen LogP contribution in [0.25, 0.3) is 10.2 Å². The SMILES string of the molecule is CCc1cc2c(=O)n(/N=C\c3cc(Cl)c4c(c3)OCCCO4)cnc2s1. The van der Waals surface area contributed by atoms with Crippen LogP contribution >= 0.6 is 22.9 Å². The monoisotopic (exact) mass is 389 g/mol. The third-order valence-electron chi connectivity index (χ3n) is 3.99. The zero-order chi connectivity index (χ0) is 18.1. The number of ether oxygens (including phenoxy) is 2. The largest absolute Gasteiger partial charge is 0.489 e. The molecule has 1 aliphatic rings. The van der Waals surface area contributed by atoms with Gasteiger partial charge in [0.2, 0.25) is 0 Å². The highest BCUT2D eigenvalue weighted by atomic mass is 35.5. The average Bonchev–Trinajstić information content (AvgIpc) is 2.92. The first-order chi connectivity index (χ1) is 12.7. The Morgan fingerprint density at radius 3 is 3.04 bits per heavy atom. The molecule has 6 nitrogen and oxygen atoms in total. The summed E-state index contributed by atoms with van der Waals surface area (Å²) in [6.45, 7) is 3.19. The van der Waals surface area contributed by atoms with E-state index in [-0.39, 0.29) is 5.56 Å². The van der Waals surface area contributed by atoms with Crippen LogP contribution in [0.4, 0.5) is 0 Å². The van der Waals surface area contributed by atoms with Crippen molar-refractivity contribution in [1.29, 1.82) is 0 Å². The molecule has 8 heteroatoms. The molecule has 0 amide bonds. The average molecular weight is 390 g/mol. The van der Waals surface area contributed by atoms with Gasteiger partial charge in [-0.15, -0.1) is 11.3 Å². The Balaban J connectivity index is 1.69. The molecule has 0 aliphatic carbocycles. The number of halogens is 1. The number of rotatable bonds is 3. The quantitative estimate of drug-likeness (QED) is 0.640. The molecule has 2 aromatic heterocycles. The summed E-state index contributed by atoms with van der Waals surface area (Å²) < 4.78 is 12.5. The second-order valence-electron chi connectivity index (χ2n) is 5.80. The fourth-order valence-electron chi connectivity index (χ4n) is 2.67. The maximum Gasteiger partial charge on any atom is 0.282 e. The molecule has 0 N–H and O–H groups in total. The molecule has 1 aromatic carbocycles. The van der Waals surface area contributed by atoms with Crippen molar-refractivity contribution < 1.29 is 9.47 Å². The van der Waals surface area contributed by atoms with Crippen molar-refractivity contribution in [3.63, 3.8) is 0 Å². The first-order valence-electron chi connectivity index (χ1n) is 8.29. The summed E-state index contributed by atoms with van der Waals surface area (Å²) >= 11 is 7.81. The molecule has 0 unspecified atom stereocenters. The molecule has 0 spiro atoms. The van der Waals surface area contributed by atoms with Gasteiger partial charge in [-0.1, -0.05) is 18.5 Å². The molecule has 134 valence electrons. The predicted octanol–water partition coefficient (Wildman–Crippen LogP) is 3.72. The number of hydrogen-bond acceptors (Lipinski definition) is 6. The van der Waals surface area contributed by atoms with Gasteiger partial charge in [0.25, 0.3) is 5.56 Å². The Labute approximate surface area is 158 Å². The van der Waals surface area contributed by atoms with Crippen molar-refractivity contribution in [1.82, 2.24) is 9.66 Å². The van der Waals surface area contributed by atoms with Gasteiger partial charge in [0.05, 0.1) is 29.8 Å². The molecular weight excluding hydrogens is 374 g/mol. The molecule has 4 rings (SSSR count). The van der Waals surface area contributed by atoms with Gasteiger partial charge in [-0.25, -0.2) is 4.98 Å². The maximum atomic E-state index is 12.6. The van der Waals surface area contributed by atoms with E-state index in [9.17, 15) is 4.79 Å².